The second-order valence-electron chi connectivity index (χ2n) is 9.21. The van der Waals surface area contributed by atoms with Gasteiger partial charge in [0, 0.05) is 61.5 Å². The molecule has 4 aromatic rings. The number of methoxy groups -OCH3 is 2. The quantitative estimate of drug-likeness (QED) is 0.205. The second-order valence-corrected chi connectivity index (χ2v) is 9.21. The predicted octanol–water partition coefficient (Wildman–Crippen LogP) is 5.99. The van der Waals surface area contributed by atoms with Crippen molar-refractivity contribution in [1.29, 1.82) is 0 Å². The summed E-state index contributed by atoms with van der Waals surface area (Å²) in [6.07, 6.45) is 0. The van der Waals surface area contributed by atoms with Crippen LogP contribution in [0, 0.1) is 0 Å². The van der Waals surface area contributed by atoms with Gasteiger partial charge < -0.3 is 33.3 Å². The number of ether oxygens (including phenoxy) is 6. The summed E-state index contributed by atoms with van der Waals surface area (Å²) in [5.41, 5.74) is 3.49. The molecule has 2 aliphatic rings. The van der Waals surface area contributed by atoms with E-state index in [1.54, 1.807) is 26.4 Å². The Labute approximate surface area is 226 Å². The van der Waals surface area contributed by atoms with E-state index in [9.17, 15) is 4.79 Å². The van der Waals surface area contributed by atoms with Crippen LogP contribution in [0.1, 0.15) is 27.0 Å². The van der Waals surface area contributed by atoms with Crippen LogP contribution in [0.5, 0.6) is 23.0 Å². The molecule has 0 radical (unpaired) electrons. The summed E-state index contributed by atoms with van der Waals surface area (Å²) in [6.45, 7) is 0.287. The minimum atomic E-state index is -1.15. The van der Waals surface area contributed by atoms with Gasteiger partial charge in [0.05, 0.1) is 5.56 Å². The number of hydrogen-bond acceptors (Lipinski definition) is 8. The summed E-state index contributed by atoms with van der Waals surface area (Å²) < 4.78 is 33.9. The molecule has 1 unspecified atom stereocenters. The molecule has 1 spiro atoms. The van der Waals surface area contributed by atoms with Crippen molar-refractivity contribution in [2.24, 2.45) is 0 Å². The Hall–Kier alpha value is -4.53. The maximum Gasteiger partial charge on any atom is 0.340 e. The van der Waals surface area contributed by atoms with Crippen molar-refractivity contribution in [2.75, 3.05) is 39.8 Å². The largest absolute Gasteiger partial charge is 0.468 e. The number of benzene rings is 4. The number of fused-ring (bicyclic) bond motifs is 6. The van der Waals surface area contributed by atoms with Crippen molar-refractivity contribution in [2.45, 2.75) is 5.60 Å². The van der Waals surface area contributed by atoms with Gasteiger partial charge in [-0.15, -0.1) is 0 Å². The van der Waals surface area contributed by atoms with E-state index in [0.29, 0.717) is 22.8 Å². The Balaban J connectivity index is 1.44. The summed E-state index contributed by atoms with van der Waals surface area (Å²) in [7, 11) is 5.12. The topological polar surface area (TPSA) is 75.7 Å². The summed E-state index contributed by atoms with van der Waals surface area (Å²) in [5.74, 6) is 2.05. The van der Waals surface area contributed by atoms with Crippen LogP contribution in [0.15, 0.2) is 84.9 Å². The van der Waals surface area contributed by atoms with Gasteiger partial charge in [-0.05, 0) is 54.6 Å². The van der Waals surface area contributed by atoms with E-state index in [-0.39, 0.29) is 19.6 Å². The highest BCUT2D eigenvalue weighted by Crippen LogP contribution is 2.57. The van der Waals surface area contributed by atoms with Gasteiger partial charge in [0.15, 0.2) is 19.2 Å². The SMILES string of the molecule is COCOc1ccc(N(C)c2ccc3c(c2)Oc2cc(OCOC)ccc2C32OC(=O)c3ccccc32)cc1. The number of rotatable bonds is 8. The Morgan fingerprint density at radius 2 is 1.33 bits per heavy atom. The monoisotopic (exact) mass is 525 g/mol. The standard InChI is InChI=1S/C31H27NO7/c1-32(20-8-11-22(12-9-20)36-18-34-2)21-10-14-26-28(16-21)38-29-17-23(37-19-35-3)13-15-27(29)31(26)25-7-5-4-6-24(25)30(33)39-31/h4-17H,18-19H2,1-3H3. The Morgan fingerprint density at radius 3 is 2.08 bits per heavy atom. The molecule has 0 N–H and O–H groups in total. The maximum absolute atomic E-state index is 13.1. The van der Waals surface area contributed by atoms with Gasteiger partial charge >= 0.3 is 5.97 Å². The Morgan fingerprint density at radius 1 is 0.718 bits per heavy atom. The van der Waals surface area contributed by atoms with Gasteiger partial charge in [0.25, 0.3) is 0 Å². The molecule has 0 bridgehead atoms. The molecule has 0 saturated carbocycles. The Bertz CT molecular complexity index is 1530. The van der Waals surface area contributed by atoms with Crippen LogP contribution in [0.4, 0.5) is 11.4 Å². The predicted molar refractivity (Wildman–Crippen MR) is 144 cm³/mol. The molecule has 8 heteroatoms. The highest BCUT2D eigenvalue weighted by atomic mass is 16.7. The minimum absolute atomic E-state index is 0.0998. The van der Waals surface area contributed by atoms with Gasteiger partial charge in [-0.3, -0.25) is 0 Å². The number of hydrogen-bond donors (Lipinski definition) is 0. The van der Waals surface area contributed by atoms with Crippen LogP contribution < -0.4 is 19.1 Å². The number of carbonyl (C=O) groups excluding carboxylic acids is 1. The summed E-state index contributed by atoms with van der Waals surface area (Å²) >= 11 is 0. The van der Waals surface area contributed by atoms with Crippen molar-refractivity contribution in [3.05, 3.63) is 107 Å². The molecule has 0 saturated heterocycles. The van der Waals surface area contributed by atoms with Crippen molar-refractivity contribution >= 4 is 17.3 Å². The fourth-order valence-corrected chi connectivity index (χ4v) is 5.11. The third-order valence-electron chi connectivity index (χ3n) is 6.97. The normalized spacial score (nSPS) is 16.5. The van der Waals surface area contributed by atoms with Crippen molar-refractivity contribution in [3.8, 4) is 23.0 Å². The Kier molecular flexibility index (Phi) is 6.34. The molecule has 198 valence electrons. The first-order chi connectivity index (χ1) is 19.0. The molecule has 0 aliphatic carbocycles. The highest BCUT2D eigenvalue weighted by Gasteiger charge is 2.53. The first-order valence-electron chi connectivity index (χ1n) is 12.4. The van der Waals surface area contributed by atoms with E-state index in [2.05, 4.69) is 0 Å². The second kappa shape index (κ2) is 9.98. The van der Waals surface area contributed by atoms with E-state index in [4.69, 9.17) is 28.4 Å². The lowest BCUT2D eigenvalue weighted by atomic mass is 9.77. The molecule has 0 aromatic heterocycles. The van der Waals surface area contributed by atoms with Gasteiger partial charge in [-0.25, -0.2) is 4.79 Å². The molecular formula is C31H27NO7. The fourth-order valence-electron chi connectivity index (χ4n) is 5.11. The van der Waals surface area contributed by atoms with E-state index in [1.165, 1.54) is 0 Å². The smallest absolute Gasteiger partial charge is 0.340 e. The van der Waals surface area contributed by atoms with Crippen LogP contribution in [0.25, 0.3) is 0 Å². The zero-order chi connectivity index (χ0) is 27.0. The first kappa shape index (κ1) is 24.8. The zero-order valence-electron chi connectivity index (χ0n) is 21.8. The molecule has 39 heavy (non-hydrogen) atoms. The van der Waals surface area contributed by atoms with Crippen LogP contribution in [-0.2, 0) is 19.8 Å². The summed E-state index contributed by atoms with van der Waals surface area (Å²) in [4.78, 5) is 15.1. The van der Waals surface area contributed by atoms with Gasteiger partial charge in [0.2, 0.25) is 0 Å². The summed E-state index contributed by atoms with van der Waals surface area (Å²) in [5, 5.41) is 0. The number of anilines is 2. The average Bonchev–Trinajstić information content (AvgIpc) is 3.27. The van der Waals surface area contributed by atoms with E-state index in [1.807, 2.05) is 84.7 Å². The molecule has 0 amide bonds. The number of carbonyl (C=O) groups is 1. The fraction of sp³-hybridized carbons (Fsp3) is 0.194. The van der Waals surface area contributed by atoms with E-state index >= 15 is 0 Å². The lowest BCUT2D eigenvalue weighted by molar-refractivity contribution is 0.0223. The lowest BCUT2D eigenvalue weighted by Crippen LogP contribution is -2.33. The van der Waals surface area contributed by atoms with Gasteiger partial charge in [-0.1, -0.05) is 18.2 Å². The average molecular weight is 526 g/mol. The number of esters is 1. The van der Waals surface area contributed by atoms with Crippen LogP contribution in [0.2, 0.25) is 0 Å². The van der Waals surface area contributed by atoms with Gasteiger partial charge in [0.1, 0.15) is 23.0 Å². The maximum atomic E-state index is 13.1. The van der Waals surface area contributed by atoms with Crippen molar-refractivity contribution in [3.63, 3.8) is 0 Å². The van der Waals surface area contributed by atoms with Crippen molar-refractivity contribution in [1.82, 2.24) is 0 Å². The third-order valence-corrected chi connectivity index (χ3v) is 6.97. The minimum Gasteiger partial charge on any atom is -0.468 e. The zero-order valence-corrected chi connectivity index (χ0v) is 21.8. The molecule has 8 nitrogen and oxygen atoms in total. The molecule has 1 atom stereocenters. The molecule has 2 aliphatic heterocycles. The van der Waals surface area contributed by atoms with Crippen LogP contribution in [0.3, 0.4) is 0 Å². The molecule has 0 fully saturated rings. The van der Waals surface area contributed by atoms with Crippen LogP contribution >= 0.6 is 0 Å². The number of nitrogens with zero attached hydrogens (tertiary/aromatic N) is 1. The molecule has 2 heterocycles. The highest BCUT2D eigenvalue weighted by molar-refractivity contribution is 5.97. The first-order valence-corrected chi connectivity index (χ1v) is 12.4. The van der Waals surface area contributed by atoms with Crippen LogP contribution in [-0.4, -0.2) is 40.8 Å². The van der Waals surface area contributed by atoms with Crippen molar-refractivity contribution < 1.29 is 33.2 Å². The molecule has 4 aromatic carbocycles. The molecule has 6 rings (SSSR count). The van der Waals surface area contributed by atoms with Gasteiger partial charge in [-0.2, -0.15) is 0 Å². The third kappa shape index (κ3) is 4.14. The lowest BCUT2D eigenvalue weighted by Gasteiger charge is -2.37. The van der Waals surface area contributed by atoms with E-state index in [0.717, 1.165) is 33.8 Å². The molecular weight excluding hydrogens is 498 g/mol. The summed E-state index contributed by atoms with van der Waals surface area (Å²) in [6, 6.07) is 26.6. The van der Waals surface area contributed by atoms with E-state index < -0.39 is 5.60 Å².